The monoisotopic (exact) mass is 134 g/mol. The smallest absolute Gasteiger partial charge is 0.0245 e. The van der Waals surface area contributed by atoms with Crippen molar-refractivity contribution in [1.82, 2.24) is 0 Å². The topological polar surface area (TPSA) is 0 Å². The lowest BCUT2D eigenvalue weighted by atomic mass is 10.6. The molecule has 0 unspecified atom stereocenters. The van der Waals surface area contributed by atoms with Gasteiger partial charge in [0.2, 0.25) is 0 Å². The maximum atomic E-state index is 4.84. The highest BCUT2D eigenvalue weighted by molar-refractivity contribution is 8.01. The fourth-order valence-corrected chi connectivity index (χ4v) is 0.987. The predicted octanol–water partition coefficient (Wildman–Crippen LogP) is 2.13. The average molecular weight is 134 g/mol. The molecule has 0 fully saturated rings. The van der Waals surface area contributed by atoms with Gasteiger partial charge in [0.05, 0.1) is 0 Å². The predicted molar refractivity (Wildman–Crippen MR) is 41.3 cm³/mol. The van der Waals surface area contributed by atoms with Crippen LogP contribution in [0.25, 0.3) is 0 Å². The molecule has 0 aromatic heterocycles. The number of rotatable bonds is 3. The molecule has 2 heteroatoms. The lowest BCUT2D eigenvalue weighted by molar-refractivity contribution is 1.52. The summed E-state index contributed by atoms with van der Waals surface area (Å²) in [5, 5.41) is 0. The normalized spacial score (nSPS) is 8.86. The van der Waals surface area contributed by atoms with Crippen LogP contribution in [0.3, 0.4) is 0 Å². The van der Waals surface area contributed by atoms with E-state index in [1.54, 1.807) is 0 Å². The van der Waals surface area contributed by atoms with E-state index in [4.69, 9.17) is 12.2 Å². The van der Waals surface area contributed by atoms with Crippen LogP contribution in [0.2, 0.25) is 0 Å². The Bertz CT molecular complexity index is 59.1. The van der Waals surface area contributed by atoms with Gasteiger partial charge >= 0.3 is 0 Å². The lowest BCUT2D eigenvalue weighted by Crippen LogP contribution is -1.88. The molecular formula is C5H10S2. The Labute approximate surface area is 54.7 Å². The van der Waals surface area contributed by atoms with Crippen molar-refractivity contribution in [2.45, 2.75) is 13.8 Å². The van der Waals surface area contributed by atoms with Crippen molar-refractivity contribution in [3.63, 3.8) is 0 Å². The zero-order chi connectivity index (χ0) is 5.70. The SMILES string of the molecule is CCSCC(C)=S. The quantitative estimate of drug-likeness (QED) is 0.542. The van der Waals surface area contributed by atoms with E-state index in [0.717, 1.165) is 10.6 Å². The summed E-state index contributed by atoms with van der Waals surface area (Å²) in [6.45, 7) is 4.13. The van der Waals surface area contributed by atoms with Crippen molar-refractivity contribution in [2.24, 2.45) is 0 Å². The fraction of sp³-hybridized carbons (Fsp3) is 0.800. The molecule has 0 saturated heterocycles. The van der Waals surface area contributed by atoms with Crippen LogP contribution in [-0.4, -0.2) is 16.4 Å². The van der Waals surface area contributed by atoms with Crippen molar-refractivity contribution in [3.8, 4) is 0 Å². The summed E-state index contributed by atoms with van der Waals surface area (Å²) >= 11 is 6.72. The first kappa shape index (κ1) is 7.44. The molecule has 0 aliphatic carbocycles. The van der Waals surface area contributed by atoms with E-state index < -0.39 is 0 Å². The van der Waals surface area contributed by atoms with Crippen LogP contribution < -0.4 is 0 Å². The molecule has 7 heavy (non-hydrogen) atoms. The number of hydrogen-bond acceptors (Lipinski definition) is 2. The summed E-state index contributed by atoms with van der Waals surface area (Å²) < 4.78 is 0. The summed E-state index contributed by atoms with van der Waals surface area (Å²) in [4.78, 5) is 1.10. The highest BCUT2D eigenvalue weighted by Crippen LogP contribution is 1.97. The van der Waals surface area contributed by atoms with Crippen LogP contribution in [0.15, 0.2) is 0 Å². The number of thiocarbonyl (C=S) groups is 1. The van der Waals surface area contributed by atoms with Crippen LogP contribution in [0.1, 0.15) is 13.8 Å². The first-order chi connectivity index (χ1) is 3.27. The zero-order valence-electron chi connectivity index (χ0n) is 4.73. The fourth-order valence-electron chi connectivity index (χ4n) is 0.246. The second-order valence-corrected chi connectivity index (χ2v) is 3.31. The van der Waals surface area contributed by atoms with Crippen LogP contribution in [0.5, 0.6) is 0 Å². The van der Waals surface area contributed by atoms with Crippen molar-refractivity contribution in [3.05, 3.63) is 0 Å². The summed E-state index contributed by atoms with van der Waals surface area (Å²) in [5.41, 5.74) is 0. The lowest BCUT2D eigenvalue weighted by Gasteiger charge is -1.90. The van der Waals surface area contributed by atoms with Crippen LogP contribution in [0, 0.1) is 0 Å². The van der Waals surface area contributed by atoms with Gasteiger partial charge in [0, 0.05) is 5.75 Å². The highest BCUT2D eigenvalue weighted by Gasteiger charge is 1.83. The molecule has 0 nitrogen and oxygen atoms in total. The molecule has 0 amide bonds. The first-order valence-corrected chi connectivity index (χ1v) is 3.91. The molecular weight excluding hydrogens is 124 g/mol. The molecule has 0 atom stereocenters. The molecule has 0 saturated carbocycles. The first-order valence-electron chi connectivity index (χ1n) is 2.34. The van der Waals surface area contributed by atoms with Gasteiger partial charge in [0.1, 0.15) is 0 Å². The third-order valence-electron chi connectivity index (χ3n) is 0.509. The Morgan fingerprint density at radius 3 is 2.43 bits per heavy atom. The van der Waals surface area contributed by atoms with Crippen LogP contribution >= 0.6 is 24.0 Å². The third-order valence-corrected chi connectivity index (χ3v) is 1.88. The van der Waals surface area contributed by atoms with Gasteiger partial charge in [-0.3, -0.25) is 0 Å². The molecule has 0 aliphatic rings. The zero-order valence-corrected chi connectivity index (χ0v) is 6.36. The van der Waals surface area contributed by atoms with Crippen LogP contribution in [-0.2, 0) is 0 Å². The van der Waals surface area contributed by atoms with Crippen molar-refractivity contribution in [2.75, 3.05) is 11.5 Å². The van der Waals surface area contributed by atoms with Gasteiger partial charge in [-0.15, -0.1) is 0 Å². The molecule has 0 N–H and O–H groups in total. The molecule has 42 valence electrons. The summed E-state index contributed by atoms with van der Waals surface area (Å²) in [5.74, 6) is 2.22. The standard InChI is InChI=1S/C5H10S2/c1-3-7-4-5(2)6/h3-4H2,1-2H3. The van der Waals surface area contributed by atoms with E-state index in [0.29, 0.717) is 0 Å². The molecule has 0 aromatic carbocycles. The minimum absolute atomic E-state index is 1.05. The molecule has 0 rings (SSSR count). The summed E-state index contributed by atoms with van der Waals surface area (Å²) in [6.07, 6.45) is 0. The second kappa shape index (κ2) is 4.60. The second-order valence-electron chi connectivity index (χ2n) is 1.34. The summed E-state index contributed by atoms with van der Waals surface area (Å²) in [6, 6.07) is 0. The molecule has 0 aromatic rings. The van der Waals surface area contributed by atoms with Crippen molar-refractivity contribution in [1.29, 1.82) is 0 Å². The van der Waals surface area contributed by atoms with Crippen molar-refractivity contribution >= 4 is 28.8 Å². The molecule has 0 bridgehead atoms. The minimum atomic E-state index is 1.05. The third kappa shape index (κ3) is 6.44. The molecule has 0 radical (unpaired) electrons. The Morgan fingerprint density at radius 1 is 1.71 bits per heavy atom. The van der Waals surface area contributed by atoms with Gasteiger partial charge in [0.15, 0.2) is 0 Å². The van der Waals surface area contributed by atoms with E-state index in [-0.39, 0.29) is 0 Å². The highest BCUT2D eigenvalue weighted by atomic mass is 32.2. The van der Waals surface area contributed by atoms with E-state index in [9.17, 15) is 0 Å². The maximum absolute atomic E-state index is 4.84. The molecule has 0 aliphatic heterocycles. The van der Waals surface area contributed by atoms with Gasteiger partial charge in [-0.25, -0.2) is 0 Å². The Morgan fingerprint density at radius 2 is 2.29 bits per heavy atom. The van der Waals surface area contributed by atoms with Crippen LogP contribution in [0.4, 0.5) is 0 Å². The Kier molecular flexibility index (Phi) is 4.88. The van der Waals surface area contributed by atoms with Gasteiger partial charge in [-0.05, 0) is 17.5 Å². The minimum Gasteiger partial charge on any atom is -0.157 e. The van der Waals surface area contributed by atoms with Gasteiger partial charge in [-0.1, -0.05) is 19.1 Å². The van der Waals surface area contributed by atoms with E-state index >= 15 is 0 Å². The van der Waals surface area contributed by atoms with E-state index in [1.807, 2.05) is 18.7 Å². The summed E-state index contributed by atoms with van der Waals surface area (Å²) in [7, 11) is 0. The largest absolute Gasteiger partial charge is 0.157 e. The molecule has 0 spiro atoms. The van der Waals surface area contributed by atoms with E-state index in [1.165, 1.54) is 5.75 Å². The number of thioether (sulfide) groups is 1. The van der Waals surface area contributed by atoms with Gasteiger partial charge in [-0.2, -0.15) is 11.8 Å². The van der Waals surface area contributed by atoms with Gasteiger partial charge in [0.25, 0.3) is 0 Å². The Balaban J connectivity index is 2.82. The Hall–Kier alpha value is 0.440. The van der Waals surface area contributed by atoms with Crippen molar-refractivity contribution < 1.29 is 0 Å². The molecule has 0 heterocycles. The van der Waals surface area contributed by atoms with Gasteiger partial charge < -0.3 is 0 Å². The van der Waals surface area contributed by atoms with E-state index in [2.05, 4.69) is 6.92 Å². The average Bonchev–Trinajstić information content (AvgIpc) is 1.61. The number of hydrogen-bond donors (Lipinski definition) is 0. The maximum Gasteiger partial charge on any atom is 0.0245 e.